The van der Waals surface area contributed by atoms with Gasteiger partial charge in [-0.1, -0.05) is 12.8 Å². The highest BCUT2D eigenvalue weighted by Gasteiger charge is 2.40. The summed E-state index contributed by atoms with van der Waals surface area (Å²) in [5.74, 6) is -0.806. The minimum absolute atomic E-state index is 0.0897. The van der Waals surface area contributed by atoms with E-state index in [1.807, 2.05) is 11.8 Å². The lowest BCUT2D eigenvalue weighted by Gasteiger charge is -2.39. The first-order valence-corrected chi connectivity index (χ1v) is 9.07. The first-order chi connectivity index (χ1) is 9.96. The van der Waals surface area contributed by atoms with Gasteiger partial charge in [-0.3, -0.25) is 4.79 Å². The number of hydrogen-bond donors (Lipinski definition) is 2. The number of carboxylic acids is 1. The van der Waals surface area contributed by atoms with Crippen LogP contribution in [0.15, 0.2) is 0 Å². The largest absolute Gasteiger partial charge is 0.481 e. The number of nitrogens with one attached hydrogen (secondary N) is 1. The number of carbonyl (C=O) groups is 2. The summed E-state index contributed by atoms with van der Waals surface area (Å²) in [5.41, 5.74) is -0.805. The van der Waals surface area contributed by atoms with Gasteiger partial charge in [-0.15, -0.1) is 0 Å². The lowest BCUT2D eigenvalue weighted by Crippen LogP contribution is -2.55. The Labute approximate surface area is 130 Å². The average Bonchev–Trinajstić information content (AvgIpc) is 2.47. The number of piperidine rings is 1. The molecule has 0 aromatic rings. The number of rotatable bonds is 3. The van der Waals surface area contributed by atoms with Gasteiger partial charge in [-0.05, 0) is 38.9 Å². The third-order valence-electron chi connectivity index (χ3n) is 4.81. The molecule has 1 aliphatic heterocycles. The molecule has 1 aliphatic carbocycles. The van der Waals surface area contributed by atoms with E-state index < -0.39 is 11.4 Å². The highest BCUT2D eigenvalue weighted by atomic mass is 32.2. The summed E-state index contributed by atoms with van der Waals surface area (Å²) >= 11 is 1.82. The molecule has 2 N–H and O–H groups in total. The molecule has 6 heteroatoms. The molecule has 3 unspecified atom stereocenters. The van der Waals surface area contributed by atoms with Crippen molar-refractivity contribution in [3.05, 3.63) is 0 Å². The summed E-state index contributed by atoms with van der Waals surface area (Å²) in [7, 11) is 0. The van der Waals surface area contributed by atoms with Gasteiger partial charge in [0, 0.05) is 24.4 Å². The van der Waals surface area contributed by atoms with Crippen molar-refractivity contribution in [2.75, 3.05) is 19.3 Å². The molecular formula is C15H26N2O3S. The van der Waals surface area contributed by atoms with Crippen LogP contribution in [0.3, 0.4) is 0 Å². The molecule has 2 rings (SSSR count). The van der Waals surface area contributed by atoms with Crippen LogP contribution >= 0.6 is 11.8 Å². The normalized spacial score (nSPS) is 33.5. The maximum absolute atomic E-state index is 12.5. The molecule has 0 aromatic heterocycles. The molecule has 0 spiro atoms. The Morgan fingerprint density at radius 2 is 2.00 bits per heavy atom. The van der Waals surface area contributed by atoms with Gasteiger partial charge in [0.15, 0.2) is 0 Å². The van der Waals surface area contributed by atoms with Crippen molar-refractivity contribution in [1.82, 2.24) is 10.2 Å². The fourth-order valence-corrected chi connectivity index (χ4v) is 4.32. The number of hydrogen-bond acceptors (Lipinski definition) is 3. The topological polar surface area (TPSA) is 69.6 Å². The SMILES string of the molecule is CSC1CCCCC1NC(=O)N1CCCC(C)(C(=O)O)C1. The molecule has 120 valence electrons. The van der Waals surface area contributed by atoms with Gasteiger partial charge in [0.1, 0.15) is 0 Å². The number of amides is 2. The van der Waals surface area contributed by atoms with Gasteiger partial charge in [0.05, 0.1) is 5.41 Å². The van der Waals surface area contributed by atoms with Gasteiger partial charge < -0.3 is 15.3 Å². The molecule has 5 nitrogen and oxygen atoms in total. The van der Waals surface area contributed by atoms with Crippen molar-refractivity contribution >= 4 is 23.8 Å². The Morgan fingerprint density at radius 1 is 1.29 bits per heavy atom. The average molecular weight is 314 g/mol. The number of aliphatic carboxylic acids is 1. The summed E-state index contributed by atoms with van der Waals surface area (Å²) < 4.78 is 0. The monoisotopic (exact) mass is 314 g/mol. The van der Waals surface area contributed by atoms with Crippen molar-refractivity contribution in [2.45, 2.75) is 56.7 Å². The minimum atomic E-state index is -0.806. The Morgan fingerprint density at radius 3 is 2.67 bits per heavy atom. The molecule has 0 bridgehead atoms. The number of carboxylic acid groups (broad SMARTS) is 1. The zero-order chi connectivity index (χ0) is 15.5. The van der Waals surface area contributed by atoms with Crippen LogP contribution in [-0.2, 0) is 4.79 Å². The lowest BCUT2D eigenvalue weighted by atomic mass is 9.82. The van der Waals surface area contributed by atoms with Crippen molar-refractivity contribution < 1.29 is 14.7 Å². The standard InChI is InChI=1S/C15H26N2O3S/c1-15(13(18)19)8-5-9-17(10-15)14(20)16-11-6-3-4-7-12(11)21-2/h11-12H,3-10H2,1-2H3,(H,16,20)(H,18,19). The molecular weight excluding hydrogens is 288 g/mol. The van der Waals surface area contributed by atoms with E-state index >= 15 is 0 Å². The number of likely N-dealkylation sites (tertiary alicyclic amines) is 1. The van der Waals surface area contributed by atoms with Crippen LogP contribution in [0.1, 0.15) is 45.4 Å². The molecule has 1 saturated heterocycles. The fraction of sp³-hybridized carbons (Fsp3) is 0.867. The van der Waals surface area contributed by atoms with Crippen LogP contribution < -0.4 is 5.32 Å². The van der Waals surface area contributed by atoms with Crippen molar-refractivity contribution in [3.8, 4) is 0 Å². The molecule has 21 heavy (non-hydrogen) atoms. The van der Waals surface area contributed by atoms with E-state index in [0.717, 1.165) is 25.7 Å². The van der Waals surface area contributed by atoms with Gasteiger partial charge in [0.25, 0.3) is 0 Å². The van der Waals surface area contributed by atoms with E-state index in [0.29, 0.717) is 24.8 Å². The minimum Gasteiger partial charge on any atom is -0.481 e. The predicted octanol–water partition coefficient (Wildman–Crippen LogP) is 2.56. The molecule has 1 saturated carbocycles. The van der Waals surface area contributed by atoms with Crippen LogP contribution in [0.4, 0.5) is 4.79 Å². The first-order valence-electron chi connectivity index (χ1n) is 7.78. The molecule has 2 aliphatic rings. The van der Waals surface area contributed by atoms with Gasteiger partial charge in [0.2, 0.25) is 0 Å². The van der Waals surface area contributed by atoms with E-state index in [1.54, 1.807) is 11.8 Å². The highest BCUT2D eigenvalue weighted by molar-refractivity contribution is 7.99. The predicted molar refractivity (Wildman–Crippen MR) is 84.6 cm³/mol. The van der Waals surface area contributed by atoms with Gasteiger partial charge >= 0.3 is 12.0 Å². The Hall–Kier alpha value is -0.910. The Kier molecular flexibility index (Phi) is 5.41. The summed E-state index contributed by atoms with van der Waals surface area (Å²) in [6.07, 6.45) is 8.07. The van der Waals surface area contributed by atoms with Crippen LogP contribution in [-0.4, -0.2) is 52.6 Å². The smallest absolute Gasteiger partial charge is 0.317 e. The lowest BCUT2D eigenvalue weighted by molar-refractivity contribution is -0.150. The Bertz CT molecular complexity index is 404. The quantitative estimate of drug-likeness (QED) is 0.840. The van der Waals surface area contributed by atoms with Crippen LogP contribution in [0, 0.1) is 5.41 Å². The van der Waals surface area contributed by atoms with E-state index in [9.17, 15) is 14.7 Å². The number of nitrogens with zero attached hydrogens (tertiary/aromatic N) is 1. The molecule has 2 amide bonds. The second kappa shape index (κ2) is 6.90. The van der Waals surface area contributed by atoms with E-state index in [-0.39, 0.29) is 12.1 Å². The van der Waals surface area contributed by atoms with E-state index in [4.69, 9.17) is 0 Å². The summed E-state index contributed by atoms with van der Waals surface area (Å²) in [4.78, 5) is 25.5. The molecule has 2 fully saturated rings. The van der Waals surface area contributed by atoms with Gasteiger partial charge in [-0.2, -0.15) is 11.8 Å². The zero-order valence-corrected chi connectivity index (χ0v) is 13.7. The third kappa shape index (κ3) is 3.84. The van der Waals surface area contributed by atoms with Crippen LogP contribution in [0.25, 0.3) is 0 Å². The highest BCUT2D eigenvalue weighted by Crippen LogP contribution is 2.31. The number of carbonyl (C=O) groups excluding carboxylic acids is 1. The molecule has 3 atom stereocenters. The van der Waals surface area contributed by atoms with Crippen molar-refractivity contribution in [1.29, 1.82) is 0 Å². The van der Waals surface area contributed by atoms with Crippen LogP contribution in [0.5, 0.6) is 0 Å². The molecule has 0 aromatic carbocycles. The number of urea groups is 1. The summed E-state index contributed by atoms with van der Waals surface area (Å²) in [6, 6.07) is 0.132. The number of thioether (sulfide) groups is 1. The Balaban J connectivity index is 1.94. The van der Waals surface area contributed by atoms with E-state index in [2.05, 4.69) is 11.6 Å². The molecule has 0 radical (unpaired) electrons. The first kappa shape index (κ1) is 16.5. The van der Waals surface area contributed by atoms with Crippen LogP contribution in [0.2, 0.25) is 0 Å². The fourth-order valence-electron chi connectivity index (χ4n) is 3.38. The zero-order valence-electron chi connectivity index (χ0n) is 12.9. The third-order valence-corrected chi connectivity index (χ3v) is 5.98. The maximum atomic E-state index is 12.5. The van der Waals surface area contributed by atoms with Gasteiger partial charge in [-0.25, -0.2) is 4.79 Å². The summed E-state index contributed by atoms with van der Waals surface area (Å²) in [6.45, 7) is 2.70. The second-order valence-corrected chi connectivity index (χ2v) is 7.58. The second-order valence-electron chi connectivity index (χ2n) is 6.51. The molecule has 1 heterocycles. The van der Waals surface area contributed by atoms with Crippen molar-refractivity contribution in [2.24, 2.45) is 5.41 Å². The van der Waals surface area contributed by atoms with Crippen molar-refractivity contribution in [3.63, 3.8) is 0 Å². The maximum Gasteiger partial charge on any atom is 0.317 e. The summed E-state index contributed by atoms with van der Waals surface area (Å²) in [5, 5.41) is 13.0. The van der Waals surface area contributed by atoms with E-state index in [1.165, 1.54) is 6.42 Å².